The highest BCUT2D eigenvalue weighted by atomic mass is 16.6. The van der Waals surface area contributed by atoms with Crippen molar-refractivity contribution in [3.8, 4) is 5.75 Å². The monoisotopic (exact) mass is 461 g/mol. The predicted octanol–water partition coefficient (Wildman–Crippen LogP) is 4.00. The topological polar surface area (TPSA) is 120 Å². The molecular weight excluding hydrogens is 438 g/mol. The number of para-hydroxylation sites is 1. The first-order chi connectivity index (χ1) is 16.5. The molecule has 1 amide bonds. The Balaban J connectivity index is 1.36. The first kappa shape index (κ1) is 22.8. The number of hydrogen-bond donors (Lipinski definition) is 2. The van der Waals surface area contributed by atoms with Gasteiger partial charge in [0, 0.05) is 24.6 Å². The molecule has 0 aliphatic carbocycles. The molecule has 1 aliphatic heterocycles. The van der Waals surface area contributed by atoms with Crippen LogP contribution in [0.1, 0.15) is 33.9 Å². The van der Waals surface area contributed by atoms with Crippen LogP contribution in [0.3, 0.4) is 0 Å². The molecule has 0 aromatic heterocycles. The number of fused-ring (bicyclic) bond motifs is 1. The van der Waals surface area contributed by atoms with Crippen LogP contribution in [0.4, 0.5) is 11.4 Å². The van der Waals surface area contributed by atoms with Crippen molar-refractivity contribution in [2.45, 2.75) is 19.0 Å². The van der Waals surface area contributed by atoms with Crippen LogP contribution in [0.2, 0.25) is 0 Å². The van der Waals surface area contributed by atoms with Crippen molar-refractivity contribution in [1.29, 1.82) is 0 Å². The lowest BCUT2D eigenvalue weighted by Crippen LogP contribution is -2.35. The van der Waals surface area contributed by atoms with Gasteiger partial charge in [-0.15, -0.1) is 0 Å². The van der Waals surface area contributed by atoms with Crippen molar-refractivity contribution < 1.29 is 24.0 Å². The number of carbonyl (C=O) groups excluding carboxylic acids is 2. The molecule has 34 heavy (non-hydrogen) atoms. The molecule has 1 atom stereocenters. The van der Waals surface area contributed by atoms with Crippen molar-refractivity contribution in [1.82, 2.24) is 5.32 Å². The van der Waals surface area contributed by atoms with Gasteiger partial charge in [0.05, 0.1) is 23.1 Å². The third kappa shape index (κ3) is 5.50. The van der Waals surface area contributed by atoms with E-state index < -0.39 is 23.4 Å². The third-order valence-corrected chi connectivity index (χ3v) is 5.38. The van der Waals surface area contributed by atoms with Gasteiger partial charge in [0.25, 0.3) is 11.6 Å². The molecule has 0 saturated carbocycles. The first-order valence-electron chi connectivity index (χ1n) is 10.8. The SMILES string of the molecule is O=C(COC(=O)c1ccc(NCc2ccccc2)c([N+](=O)[O-])c1)N[C@@H]1CCOc2ccccc21. The maximum Gasteiger partial charge on any atom is 0.338 e. The number of nitrogens with zero attached hydrogens (tertiary/aromatic N) is 1. The molecule has 3 aromatic carbocycles. The van der Waals surface area contributed by atoms with Crippen LogP contribution < -0.4 is 15.4 Å². The Bertz CT molecular complexity index is 1200. The molecule has 3 aromatic rings. The zero-order valence-corrected chi connectivity index (χ0v) is 18.2. The maximum absolute atomic E-state index is 12.4. The number of rotatable bonds is 8. The van der Waals surface area contributed by atoms with E-state index in [0.29, 0.717) is 25.3 Å². The molecule has 9 nitrogen and oxygen atoms in total. The summed E-state index contributed by atoms with van der Waals surface area (Å²) < 4.78 is 10.7. The summed E-state index contributed by atoms with van der Waals surface area (Å²) in [5, 5.41) is 17.4. The number of nitro groups is 1. The van der Waals surface area contributed by atoms with Crippen LogP contribution in [0.5, 0.6) is 5.75 Å². The van der Waals surface area contributed by atoms with Gasteiger partial charge >= 0.3 is 5.97 Å². The van der Waals surface area contributed by atoms with Crippen molar-refractivity contribution >= 4 is 23.3 Å². The van der Waals surface area contributed by atoms with E-state index in [1.165, 1.54) is 12.1 Å². The molecular formula is C25H23N3O6. The van der Waals surface area contributed by atoms with Crippen molar-refractivity contribution in [2.24, 2.45) is 0 Å². The lowest BCUT2D eigenvalue weighted by atomic mass is 10.0. The van der Waals surface area contributed by atoms with Crippen LogP contribution in [-0.2, 0) is 16.1 Å². The standard InChI is InChI=1S/C25H23N3O6/c29-24(27-20-12-13-33-23-9-5-4-8-19(20)23)16-34-25(30)18-10-11-21(22(14-18)28(31)32)26-15-17-6-2-1-3-7-17/h1-11,14,20,26H,12-13,15-16H2,(H,27,29)/t20-/m1/s1. The molecule has 0 saturated heterocycles. The summed E-state index contributed by atoms with van der Waals surface area (Å²) in [6.07, 6.45) is 0.598. The summed E-state index contributed by atoms with van der Waals surface area (Å²) >= 11 is 0. The van der Waals surface area contributed by atoms with Gasteiger partial charge in [-0.3, -0.25) is 14.9 Å². The number of anilines is 1. The van der Waals surface area contributed by atoms with Gasteiger partial charge in [-0.2, -0.15) is 0 Å². The number of ether oxygens (including phenoxy) is 2. The molecule has 0 fully saturated rings. The Kier molecular flexibility index (Phi) is 7.02. The van der Waals surface area contributed by atoms with Crippen molar-refractivity contribution in [3.05, 3.63) is 99.6 Å². The Labute approximate surface area is 195 Å². The quantitative estimate of drug-likeness (QED) is 0.295. The number of hydrogen-bond acceptors (Lipinski definition) is 7. The highest BCUT2D eigenvalue weighted by Gasteiger charge is 2.24. The fraction of sp³-hybridized carbons (Fsp3) is 0.200. The minimum atomic E-state index is -0.819. The molecule has 1 heterocycles. The number of carbonyl (C=O) groups is 2. The van der Waals surface area contributed by atoms with Crippen molar-refractivity contribution in [3.63, 3.8) is 0 Å². The summed E-state index contributed by atoms with van der Waals surface area (Å²) in [6, 6.07) is 20.6. The maximum atomic E-state index is 12.4. The number of benzene rings is 3. The van der Waals surface area contributed by atoms with E-state index in [2.05, 4.69) is 10.6 Å². The van der Waals surface area contributed by atoms with E-state index in [1.54, 1.807) is 0 Å². The minimum absolute atomic E-state index is 0.0128. The predicted molar refractivity (Wildman–Crippen MR) is 125 cm³/mol. The van der Waals surface area contributed by atoms with E-state index >= 15 is 0 Å². The zero-order chi connectivity index (χ0) is 23.9. The highest BCUT2D eigenvalue weighted by Crippen LogP contribution is 2.31. The average Bonchev–Trinajstić information content (AvgIpc) is 2.86. The lowest BCUT2D eigenvalue weighted by molar-refractivity contribution is -0.384. The molecule has 1 aliphatic rings. The number of nitrogens with one attached hydrogen (secondary N) is 2. The smallest absolute Gasteiger partial charge is 0.338 e. The molecule has 4 rings (SSSR count). The molecule has 0 bridgehead atoms. The van der Waals surface area contributed by atoms with Gasteiger partial charge in [0.2, 0.25) is 0 Å². The average molecular weight is 461 g/mol. The second-order valence-corrected chi connectivity index (χ2v) is 7.70. The lowest BCUT2D eigenvalue weighted by Gasteiger charge is -2.26. The van der Waals surface area contributed by atoms with Crippen molar-refractivity contribution in [2.75, 3.05) is 18.5 Å². The van der Waals surface area contributed by atoms with E-state index in [1.807, 2.05) is 54.6 Å². The van der Waals surface area contributed by atoms with Gasteiger partial charge in [0.1, 0.15) is 11.4 Å². The summed E-state index contributed by atoms with van der Waals surface area (Å²) in [5.41, 5.74) is 1.83. The third-order valence-electron chi connectivity index (χ3n) is 5.38. The van der Waals surface area contributed by atoms with Crippen LogP contribution in [-0.4, -0.2) is 30.0 Å². The Morgan fingerprint density at radius 3 is 2.62 bits per heavy atom. The zero-order valence-electron chi connectivity index (χ0n) is 18.2. The van der Waals surface area contributed by atoms with Gasteiger partial charge in [-0.1, -0.05) is 48.5 Å². The van der Waals surface area contributed by atoms with Crippen LogP contribution in [0, 0.1) is 10.1 Å². The molecule has 9 heteroatoms. The second-order valence-electron chi connectivity index (χ2n) is 7.70. The highest BCUT2D eigenvalue weighted by molar-refractivity contribution is 5.93. The Morgan fingerprint density at radius 1 is 1.06 bits per heavy atom. The van der Waals surface area contributed by atoms with Gasteiger partial charge in [-0.05, 0) is 23.8 Å². The summed E-state index contributed by atoms with van der Waals surface area (Å²) in [6.45, 7) is 0.358. The van der Waals surface area contributed by atoms with E-state index in [-0.39, 0.29) is 23.0 Å². The number of nitro benzene ring substituents is 1. The summed E-state index contributed by atoms with van der Waals surface area (Å²) in [5.74, 6) is -0.574. The molecule has 0 radical (unpaired) electrons. The van der Waals surface area contributed by atoms with E-state index in [9.17, 15) is 19.7 Å². The summed E-state index contributed by atoms with van der Waals surface area (Å²) in [7, 11) is 0. The fourth-order valence-electron chi connectivity index (χ4n) is 3.69. The molecule has 2 N–H and O–H groups in total. The van der Waals surface area contributed by atoms with Crippen LogP contribution in [0.25, 0.3) is 0 Å². The number of amides is 1. The first-order valence-corrected chi connectivity index (χ1v) is 10.8. The molecule has 0 unspecified atom stereocenters. The second kappa shape index (κ2) is 10.5. The normalized spacial score (nSPS) is 14.3. The number of esters is 1. The largest absolute Gasteiger partial charge is 0.493 e. The van der Waals surface area contributed by atoms with Gasteiger partial charge in [-0.25, -0.2) is 4.79 Å². The Hall–Kier alpha value is -4.40. The fourth-order valence-corrected chi connectivity index (χ4v) is 3.69. The summed E-state index contributed by atoms with van der Waals surface area (Å²) in [4.78, 5) is 35.8. The molecule has 0 spiro atoms. The van der Waals surface area contributed by atoms with Crippen LogP contribution in [0.15, 0.2) is 72.8 Å². The Morgan fingerprint density at radius 2 is 1.82 bits per heavy atom. The van der Waals surface area contributed by atoms with E-state index in [4.69, 9.17) is 9.47 Å². The van der Waals surface area contributed by atoms with Gasteiger partial charge < -0.3 is 20.1 Å². The van der Waals surface area contributed by atoms with Crippen LogP contribution >= 0.6 is 0 Å². The van der Waals surface area contributed by atoms with E-state index in [0.717, 1.165) is 17.2 Å². The minimum Gasteiger partial charge on any atom is -0.493 e. The van der Waals surface area contributed by atoms with Gasteiger partial charge in [0.15, 0.2) is 6.61 Å². The molecule has 174 valence electrons.